The molecular weight excluding hydrogens is 376 g/mol. The smallest absolute Gasteiger partial charge is 0.148 e. The van der Waals surface area contributed by atoms with Gasteiger partial charge in [-0.1, -0.05) is 47.5 Å². The van der Waals surface area contributed by atoms with Gasteiger partial charge in [-0.25, -0.2) is 4.98 Å². The van der Waals surface area contributed by atoms with Crippen molar-refractivity contribution in [2.45, 2.75) is 33.1 Å². The Balaban J connectivity index is 1.47. The van der Waals surface area contributed by atoms with Crippen molar-refractivity contribution >= 4 is 11.0 Å². The molecule has 0 aliphatic rings. The molecule has 0 radical (unpaired) electrons. The molecule has 0 amide bonds. The highest BCUT2D eigenvalue weighted by Gasteiger charge is 2.15. The summed E-state index contributed by atoms with van der Waals surface area (Å²) in [6.07, 6.45) is -0.679. The molecule has 0 spiro atoms. The molecule has 1 N–H and O–H groups in total. The number of aromatic nitrogens is 2. The summed E-state index contributed by atoms with van der Waals surface area (Å²) in [6.45, 7) is 4.97. The van der Waals surface area contributed by atoms with Gasteiger partial charge in [0.2, 0.25) is 0 Å². The van der Waals surface area contributed by atoms with Gasteiger partial charge in [-0.2, -0.15) is 0 Å². The molecule has 0 saturated heterocycles. The second kappa shape index (κ2) is 9.01. The van der Waals surface area contributed by atoms with Gasteiger partial charge in [0.05, 0.1) is 17.6 Å². The summed E-state index contributed by atoms with van der Waals surface area (Å²) in [5.41, 5.74) is 4.21. The second-order valence-corrected chi connectivity index (χ2v) is 7.51. The van der Waals surface area contributed by atoms with Gasteiger partial charge in [0.15, 0.2) is 0 Å². The minimum atomic E-state index is -0.679. The molecule has 1 atom stereocenters. The van der Waals surface area contributed by atoms with E-state index in [1.807, 2.05) is 91.2 Å². The topological polar surface area (TPSA) is 56.5 Å². The molecule has 0 unspecified atom stereocenters. The quantitative estimate of drug-likeness (QED) is 0.465. The number of benzene rings is 3. The highest BCUT2D eigenvalue weighted by molar-refractivity contribution is 5.75. The van der Waals surface area contributed by atoms with Crippen LogP contribution in [0.5, 0.6) is 11.5 Å². The van der Waals surface area contributed by atoms with Crippen molar-refractivity contribution in [3.05, 3.63) is 89.7 Å². The van der Waals surface area contributed by atoms with E-state index < -0.39 is 6.10 Å². The number of hydrogen-bond donors (Lipinski definition) is 1. The highest BCUT2D eigenvalue weighted by atomic mass is 16.5. The molecule has 5 heteroatoms. The molecule has 4 aromatic rings. The van der Waals surface area contributed by atoms with E-state index in [-0.39, 0.29) is 6.61 Å². The third-order valence-electron chi connectivity index (χ3n) is 4.98. The highest BCUT2D eigenvalue weighted by Crippen LogP contribution is 2.20. The first-order chi connectivity index (χ1) is 14.6. The fourth-order valence-corrected chi connectivity index (χ4v) is 3.31. The minimum Gasteiger partial charge on any atom is -0.491 e. The van der Waals surface area contributed by atoms with Crippen molar-refractivity contribution < 1.29 is 14.6 Å². The molecule has 0 aliphatic heterocycles. The van der Waals surface area contributed by atoms with E-state index >= 15 is 0 Å². The zero-order valence-electron chi connectivity index (χ0n) is 17.3. The Morgan fingerprint density at radius 2 is 1.43 bits per heavy atom. The van der Waals surface area contributed by atoms with Crippen LogP contribution in [-0.2, 0) is 13.2 Å². The number of fused-ring (bicyclic) bond motifs is 1. The number of nitrogens with zero attached hydrogens (tertiary/aromatic N) is 2. The monoisotopic (exact) mass is 402 g/mol. The molecule has 0 bridgehead atoms. The van der Waals surface area contributed by atoms with E-state index in [2.05, 4.69) is 0 Å². The molecule has 0 aliphatic carbocycles. The lowest BCUT2D eigenvalue weighted by atomic mass is 10.2. The number of rotatable bonds is 8. The average Bonchev–Trinajstić information content (AvgIpc) is 3.10. The van der Waals surface area contributed by atoms with E-state index in [9.17, 15) is 5.11 Å². The summed E-state index contributed by atoms with van der Waals surface area (Å²) in [5.74, 6) is 2.31. The lowest BCUT2D eigenvalue weighted by Gasteiger charge is -2.16. The van der Waals surface area contributed by atoms with Gasteiger partial charge in [-0.05, 0) is 50.2 Å². The van der Waals surface area contributed by atoms with Crippen LogP contribution in [0.15, 0.2) is 72.8 Å². The Bertz CT molecular complexity index is 1100. The number of ether oxygens (including phenoxy) is 2. The first-order valence-electron chi connectivity index (χ1n) is 10.1. The third-order valence-corrected chi connectivity index (χ3v) is 4.98. The average molecular weight is 402 g/mol. The second-order valence-electron chi connectivity index (χ2n) is 7.51. The van der Waals surface area contributed by atoms with Gasteiger partial charge in [-0.3, -0.25) is 0 Å². The van der Waals surface area contributed by atoms with Crippen molar-refractivity contribution in [1.29, 1.82) is 0 Å². The Hall–Kier alpha value is -3.31. The van der Waals surface area contributed by atoms with Gasteiger partial charge >= 0.3 is 0 Å². The van der Waals surface area contributed by atoms with Crippen LogP contribution in [-0.4, -0.2) is 27.4 Å². The number of para-hydroxylation sites is 2. The zero-order valence-corrected chi connectivity index (χ0v) is 17.3. The van der Waals surface area contributed by atoms with Crippen LogP contribution in [0.4, 0.5) is 0 Å². The normalized spacial score (nSPS) is 12.1. The molecule has 0 saturated carbocycles. The standard InChI is InChI=1S/C25H26N2O3/c1-18-7-11-21(12-8-18)29-16-20(28)15-27-24-6-4-3-5-23(24)26-25(27)17-30-22-13-9-19(2)10-14-22/h3-14,20,28H,15-17H2,1-2H3/t20-/m1/s1. The van der Waals surface area contributed by atoms with E-state index in [0.717, 1.165) is 28.4 Å². The van der Waals surface area contributed by atoms with Crippen LogP contribution in [0.2, 0.25) is 0 Å². The summed E-state index contributed by atoms with van der Waals surface area (Å²) < 4.78 is 13.7. The number of imidazole rings is 1. The summed E-state index contributed by atoms with van der Waals surface area (Å²) in [5, 5.41) is 10.6. The van der Waals surface area contributed by atoms with Crippen molar-refractivity contribution in [2.24, 2.45) is 0 Å². The molecule has 5 nitrogen and oxygen atoms in total. The number of aliphatic hydroxyl groups excluding tert-OH is 1. The molecule has 4 rings (SSSR count). The van der Waals surface area contributed by atoms with Crippen molar-refractivity contribution in [1.82, 2.24) is 9.55 Å². The summed E-state index contributed by atoms with van der Waals surface area (Å²) >= 11 is 0. The fourth-order valence-electron chi connectivity index (χ4n) is 3.31. The first-order valence-corrected chi connectivity index (χ1v) is 10.1. The predicted molar refractivity (Wildman–Crippen MR) is 118 cm³/mol. The van der Waals surface area contributed by atoms with E-state index in [4.69, 9.17) is 14.5 Å². The number of aliphatic hydroxyl groups is 1. The molecule has 3 aromatic carbocycles. The first kappa shape index (κ1) is 20.0. The molecule has 0 fully saturated rings. The summed E-state index contributed by atoms with van der Waals surface area (Å²) in [6, 6.07) is 23.7. The molecule has 30 heavy (non-hydrogen) atoms. The van der Waals surface area contributed by atoms with E-state index in [1.165, 1.54) is 11.1 Å². The number of hydrogen-bond acceptors (Lipinski definition) is 4. The minimum absolute atomic E-state index is 0.202. The summed E-state index contributed by atoms with van der Waals surface area (Å²) in [4.78, 5) is 4.71. The fraction of sp³-hybridized carbons (Fsp3) is 0.240. The van der Waals surface area contributed by atoms with Crippen LogP contribution in [0.3, 0.4) is 0 Å². The largest absolute Gasteiger partial charge is 0.491 e. The third kappa shape index (κ3) is 4.81. The van der Waals surface area contributed by atoms with Crippen LogP contribution in [0.25, 0.3) is 11.0 Å². The van der Waals surface area contributed by atoms with Crippen molar-refractivity contribution in [3.8, 4) is 11.5 Å². The van der Waals surface area contributed by atoms with Crippen LogP contribution >= 0.6 is 0 Å². The molecule has 1 aromatic heterocycles. The predicted octanol–water partition coefficient (Wildman–Crippen LogP) is 4.67. The van der Waals surface area contributed by atoms with E-state index in [1.54, 1.807) is 0 Å². The van der Waals surface area contributed by atoms with Crippen LogP contribution < -0.4 is 9.47 Å². The lowest BCUT2D eigenvalue weighted by molar-refractivity contribution is 0.0917. The van der Waals surface area contributed by atoms with Crippen LogP contribution in [0.1, 0.15) is 17.0 Å². The summed E-state index contributed by atoms with van der Waals surface area (Å²) in [7, 11) is 0. The molecular formula is C25H26N2O3. The van der Waals surface area contributed by atoms with Crippen molar-refractivity contribution in [3.63, 3.8) is 0 Å². The van der Waals surface area contributed by atoms with Gasteiger partial charge in [-0.15, -0.1) is 0 Å². The Morgan fingerprint density at radius 1 is 0.833 bits per heavy atom. The maximum absolute atomic E-state index is 10.6. The SMILES string of the molecule is Cc1ccc(OCc2nc3ccccc3n2C[C@@H](O)COc2ccc(C)cc2)cc1. The van der Waals surface area contributed by atoms with Gasteiger partial charge in [0.25, 0.3) is 0 Å². The van der Waals surface area contributed by atoms with Gasteiger partial charge in [0.1, 0.15) is 36.6 Å². The maximum atomic E-state index is 10.6. The zero-order chi connectivity index (χ0) is 20.9. The Labute approximate surface area is 176 Å². The van der Waals surface area contributed by atoms with Gasteiger partial charge in [0, 0.05) is 0 Å². The molecule has 1 heterocycles. The maximum Gasteiger partial charge on any atom is 0.148 e. The number of aryl methyl sites for hydroxylation is 2. The van der Waals surface area contributed by atoms with E-state index in [0.29, 0.717) is 13.2 Å². The van der Waals surface area contributed by atoms with Crippen molar-refractivity contribution in [2.75, 3.05) is 6.61 Å². The van der Waals surface area contributed by atoms with Crippen LogP contribution in [0, 0.1) is 13.8 Å². The van der Waals surface area contributed by atoms with Gasteiger partial charge < -0.3 is 19.1 Å². The Morgan fingerprint density at radius 3 is 2.10 bits per heavy atom. The Kier molecular flexibility index (Phi) is 6.00. The molecule has 154 valence electrons. The lowest BCUT2D eigenvalue weighted by Crippen LogP contribution is -2.25.